The van der Waals surface area contributed by atoms with Crippen LogP contribution in [0.5, 0.6) is 5.75 Å². The molecule has 1 amide bonds. The number of nitrogens with zero attached hydrogens (tertiary/aromatic N) is 3. The third-order valence-electron chi connectivity index (χ3n) is 6.72. The largest absolute Gasteiger partial charge is 0.493 e. The van der Waals surface area contributed by atoms with Crippen LogP contribution in [0.15, 0.2) is 61.2 Å². The van der Waals surface area contributed by atoms with Crippen molar-refractivity contribution in [1.82, 2.24) is 19.8 Å². The molecular weight excluding hydrogens is 448 g/mol. The first-order chi connectivity index (χ1) is 17.7. The normalized spacial score (nSPS) is 14.9. The van der Waals surface area contributed by atoms with Gasteiger partial charge >= 0.3 is 0 Å². The fraction of sp³-hybridized carbons (Fsp3) is 0.467. The van der Waals surface area contributed by atoms with Gasteiger partial charge in [0, 0.05) is 44.0 Å². The zero-order chi connectivity index (χ0) is 25.0. The highest BCUT2D eigenvalue weighted by molar-refractivity contribution is 5.94. The minimum Gasteiger partial charge on any atom is -0.493 e. The van der Waals surface area contributed by atoms with Crippen LogP contribution in [-0.4, -0.2) is 46.6 Å². The van der Waals surface area contributed by atoms with Crippen LogP contribution in [0.3, 0.4) is 0 Å². The lowest BCUT2D eigenvalue weighted by molar-refractivity contribution is 0.0952. The molecule has 192 valence electrons. The number of hydrogen-bond acceptors (Lipinski definition) is 4. The maximum Gasteiger partial charge on any atom is 0.251 e. The summed E-state index contributed by atoms with van der Waals surface area (Å²) in [5, 5.41) is 3.08. The van der Waals surface area contributed by atoms with E-state index in [0.29, 0.717) is 18.7 Å². The first-order valence-electron chi connectivity index (χ1n) is 13.5. The predicted molar refractivity (Wildman–Crippen MR) is 144 cm³/mol. The van der Waals surface area contributed by atoms with Gasteiger partial charge < -0.3 is 14.6 Å². The van der Waals surface area contributed by atoms with Crippen LogP contribution in [0.2, 0.25) is 0 Å². The second-order valence-corrected chi connectivity index (χ2v) is 9.77. The molecule has 0 fully saturated rings. The van der Waals surface area contributed by atoms with Crippen molar-refractivity contribution in [2.75, 3.05) is 26.2 Å². The third kappa shape index (κ3) is 7.95. The molecule has 0 saturated heterocycles. The number of amides is 1. The topological polar surface area (TPSA) is 59.4 Å². The lowest BCUT2D eigenvalue weighted by Gasteiger charge is -2.22. The van der Waals surface area contributed by atoms with Gasteiger partial charge in [0.05, 0.1) is 12.9 Å². The van der Waals surface area contributed by atoms with Crippen LogP contribution < -0.4 is 10.1 Å². The molecule has 0 atom stereocenters. The van der Waals surface area contributed by atoms with Crippen molar-refractivity contribution < 1.29 is 9.53 Å². The van der Waals surface area contributed by atoms with E-state index in [9.17, 15) is 4.79 Å². The highest BCUT2D eigenvalue weighted by Gasteiger charge is 2.13. The lowest BCUT2D eigenvalue weighted by atomic mass is 9.99. The summed E-state index contributed by atoms with van der Waals surface area (Å²) in [6.45, 7) is 7.81. The van der Waals surface area contributed by atoms with E-state index in [1.165, 1.54) is 24.0 Å². The minimum absolute atomic E-state index is 0.0243. The maximum absolute atomic E-state index is 12.9. The summed E-state index contributed by atoms with van der Waals surface area (Å²) in [7, 11) is 0. The fourth-order valence-corrected chi connectivity index (χ4v) is 4.84. The summed E-state index contributed by atoms with van der Waals surface area (Å²) in [4.78, 5) is 19.5. The number of imidazole rings is 1. The van der Waals surface area contributed by atoms with Crippen molar-refractivity contribution in [1.29, 1.82) is 0 Å². The molecular formula is C30H40N4O2. The van der Waals surface area contributed by atoms with Crippen molar-refractivity contribution >= 4 is 5.91 Å². The SMILES string of the molecule is CCCN1CCCCCOc2ccc(C(=O)NCCCCn3ccnc3)cc2Cc2cccc(c2)C1. The summed E-state index contributed by atoms with van der Waals surface area (Å²) in [6, 6.07) is 14.7. The number of hydrogen-bond donors (Lipinski definition) is 1. The Morgan fingerprint density at radius 3 is 2.83 bits per heavy atom. The Balaban J connectivity index is 1.42. The van der Waals surface area contributed by atoms with Crippen molar-refractivity contribution in [2.45, 2.75) is 65.0 Å². The zero-order valence-electron chi connectivity index (χ0n) is 21.6. The number of unbranched alkanes of at least 4 members (excludes halogenated alkanes) is 1. The molecule has 4 rings (SSSR count). The van der Waals surface area contributed by atoms with Gasteiger partial charge in [-0.15, -0.1) is 0 Å². The molecule has 1 aliphatic heterocycles. The maximum atomic E-state index is 12.9. The van der Waals surface area contributed by atoms with E-state index in [1.807, 2.05) is 30.7 Å². The summed E-state index contributed by atoms with van der Waals surface area (Å²) < 4.78 is 8.27. The van der Waals surface area contributed by atoms with Crippen molar-refractivity contribution in [2.24, 2.45) is 0 Å². The highest BCUT2D eigenvalue weighted by atomic mass is 16.5. The molecule has 1 N–H and O–H groups in total. The Labute approximate surface area is 215 Å². The van der Waals surface area contributed by atoms with E-state index in [2.05, 4.69) is 51.0 Å². The molecule has 6 nitrogen and oxygen atoms in total. The van der Waals surface area contributed by atoms with Crippen molar-refractivity contribution in [3.63, 3.8) is 0 Å². The average molecular weight is 489 g/mol. The van der Waals surface area contributed by atoms with E-state index in [-0.39, 0.29) is 5.91 Å². The molecule has 2 bridgehead atoms. The summed E-state index contributed by atoms with van der Waals surface area (Å²) in [5.74, 6) is 0.866. The van der Waals surface area contributed by atoms with Gasteiger partial charge in [0.1, 0.15) is 5.75 Å². The number of aryl methyl sites for hydroxylation is 1. The molecule has 36 heavy (non-hydrogen) atoms. The molecule has 2 heterocycles. The number of aromatic nitrogens is 2. The summed E-state index contributed by atoms with van der Waals surface area (Å²) in [5.41, 5.74) is 4.37. The molecule has 1 aliphatic rings. The summed E-state index contributed by atoms with van der Waals surface area (Å²) in [6.07, 6.45) is 12.8. The molecule has 1 aromatic heterocycles. The number of carbonyl (C=O) groups excluding carboxylic acids is 1. The highest BCUT2D eigenvalue weighted by Crippen LogP contribution is 2.25. The Bertz CT molecular complexity index is 1080. The van der Waals surface area contributed by atoms with Crippen LogP contribution in [0, 0.1) is 0 Å². The number of benzene rings is 2. The molecule has 6 heteroatoms. The molecule has 2 aromatic carbocycles. The fourth-order valence-electron chi connectivity index (χ4n) is 4.84. The molecule has 0 unspecified atom stereocenters. The quantitative estimate of drug-likeness (QED) is 0.428. The number of rotatable bonds is 8. The molecule has 3 aromatic rings. The number of ether oxygens (including phenoxy) is 1. The molecule has 0 aliphatic carbocycles. The van der Waals surface area contributed by atoms with Gasteiger partial charge in [-0.3, -0.25) is 9.69 Å². The van der Waals surface area contributed by atoms with Gasteiger partial charge in [0.25, 0.3) is 5.91 Å². The van der Waals surface area contributed by atoms with Crippen LogP contribution >= 0.6 is 0 Å². The standard InChI is InChI=1S/C30H40N4O2/c1-2-15-33-16-5-3-7-19-36-29-12-11-27(22-28(29)21-25-9-8-10-26(20-25)23-33)30(35)32-13-4-6-17-34-18-14-31-24-34/h8-12,14,18,20,22,24H,2-7,13,15-17,19,21,23H2,1H3,(H,32,35). The Morgan fingerprint density at radius 2 is 1.97 bits per heavy atom. The first-order valence-corrected chi connectivity index (χ1v) is 13.5. The van der Waals surface area contributed by atoms with Gasteiger partial charge in [-0.25, -0.2) is 4.98 Å². The lowest BCUT2D eigenvalue weighted by Crippen LogP contribution is -2.25. The number of fused-ring (bicyclic) bond motifs is 3. The van der Waals surface area contributed by atoms with E-state index in [1.54, 1.807) is 6.20 Å². The number of nitrogens with one attached hydrogen (secondary N) is 1. The van der Waals surface area contributed by atoms with E-state index in [4.69, 9.17) is 4.74 Å². The summed E-state index contributed by atoms with van der Waals surface area (Å²) >= 11 is 0. The van der Waals surface area contributed by atoms with Crippen molar-refractivity contribution in [3.8, 4) is 5.75 Å². The van der Waals surface area contributed by atoms with Crippen LogP contribution in [0.1, 0.15) is 72.5 Å². The Hall–Kier alpha value is -3.12. The van der Waals surface area contributed by atoms with Gasteiger partial charge in [-0.1, -0.05) is 31.2 Å². The average Bonchev–Trinajstić information content (AvgIpc) is 3.40. The Morgan fingerprint density at radius 1 is 1.06 bits per heavy atom. The monoisotopic (exact) mass is 488 g/mol. The van der Waals surface area contributed by atoms with E-state index < -0.39 is 0 Å². The molecule has 0 spiro atoms. The van der Waals surface area contributed by atoms with E-state index >= 15 is 0 Å². The van der Waals surface area contributed by atoms with Crippen LogP contribution in [0.4, 0.5) is 0 Å². The van der Waals surface area contributed by atoms with Crippen LogP contribution in [-0.2, 0) is 19.5 Å². The predicted octanol–water partition coefficient (Wildman–Crippen LogP) is 5.46. The number of carbonyl (C=O) groups is 1. The smallest absolute Gasteiger partial charge is 0.251 e. The zero-order valence-corrected chi connectivity index (χ0v) is 21.6. The first kappa shape index (κ1) is 26.0. The minimum atomic E-state index is -0.0243. The van der Waals surface area contributed by atoms with Gasteiger partial charge in [-0.2, -0.15) is 0 Å². The second kappa shape index (κ2) is 13.8. The van der Waals surface area contributed by atoms with Gasteiger partial charge in [0.15, 0.2) is 0 Å². The van der Waals surface area contributed by atoms with E-state index in [0.717, 1.165) is 69.6 Å². The Kier molecular flexibility index (Phi) is 9.97. The van der Waals surface area contributed by atoms with Gasteiger partial charge in [-0.05, 0) is 86.5 Å². The second-order valence-electron chi connectivity index (χ2n) is 9.77. The van der Waals surface area contributed by atoms with Crippen LogP contribution in [0.25, 0.3) is 0 Å². The van der Waals surface area contributed by atoms with Crippen molar-refractivity contribution in [3.05, 3.63) is 83.4 Å². The molecule has 0 saturated carbocycles. The third-order valence-corrected chi connectivity index (χ3v) is 6.72. The van der Waals surface area contributed by atoms with Gasteiger partial charge in [0.2, 0.25) is 0 Å². The molecule has 0 radical (unpaired) electrons.